The predicted molar refractivity (Wildman–Crippen MR) is 95.1 cm³/mol. The largest absolute Gasteiger partial charge is 0.289 e. The van der Waals surface area contributed by atoms with E-state index in [9.17, 15) is 9.59 Å². The van der Waals surface area contributed by atoms with Gasteiger partial charge in [0, 0.05) is 22.3 Å². The monoisotopic (exact) mass is 318 g/mol. The van der Waals surface area contributed by atoms with Gasteiger partial charge in [-0.25, -0.2) is 0 Å². The molecule has 0 aromatic heterocycles. The molecule has 0 fully saturated rings. The van der Waals surface area contributed by atoms with Crippen LogP contribution in [0.25, 0.3) is 0 Å². The average molecular weight is 318 g/mol. The summed E-state index contributed by atoms with van der Waals surface area (Å²) in [6, 6.07) is 7.28. The van der Waals surface area contributed by atoms with E-state index in [-0.39, 0.29) is 11.6 Å². The average Bonchev–Trinajstić information content (AvgIpc) is 2.64. The van der Waals surface area contributed by atoms with E-state index in [0.717, 1.165) is 36.8 Å². The van der Waals surface area contributed by atoms with Crippen molar-refractivity contribution in [1.82, 2.24) is 0 Å². The van der Waals surface area contributed by atoms with Crippen LogP contribution >= 0.6 is 0 Å². The molecule has 0 amide bonds. The maximum absolute atomic E-state index is 13.2. The van der Waals surface area contributed by atoms with E-state index in [1.54, 1.807) is 12.1 Å². The third kappa shape index (κ3) is 1.95. The molecular formula is C22H22O2. The molecule has 2 aliphatic carbocycles. The van der Waals surface area contributed by atoms with Gasteiger partial charge in [-0.05, 0) is 60.8 Å². The molecule has 0 bridgehead atoms. The second-order valence-electron chi connectivity index (χ2n) is 6.78. The van der Waals surface area contributed by atoms with Crippen LogP contribution in [0, 0.1) is 0 Å². The van der Waals surface area contributed by atoms with Crippen molar-refractivity contribution in [2.45, 2.75) is 52.4 Å². The minimum Gasteiger partial charge on any atom is -0.289 e. The van der Waals surface area contributed by atoms with Gasteiger partial charge in [0.25, 0.3) is 0 Å². The molecule has 0 saturated heterocycles. The Morgan fingerprint density at radius 1 is 0.750 bits per heavy atom. The lowest BCUT2D eigenvalue weighted by Crippen LogP contribution is -2.27. The van der Waals surface area contributed by atoms with Crippen LogP contribution in [0.1, 0.15) is 80.8 Å². The fraction of sp³-hybridized carbons (Fsp3) is 0.364. The second-order valence-corrected chi connectivity index (χ2v) is 6.78. The number of rotatable bonds is 2. The van der Waals surface area contributed by atoms with E-state index in [4.69, 9.17) is 0 Å². The SMILES string of the molecule is CCc1c2c(c(CC)c3c1C(=O)c1ccccc1C3=O)CCCC2. The number of fused-ring (bicyclic) bond motifs is 3. The molecule has 0 N–H and O–H groups in total. The van der Waals surface area contributed by atoms with Crippen molar-refractivity contribution in [3.05, 3.63) is 68.8 Å². The third-order valence-electron chi connectivity index (χ3n) is 5.63. The van der Waals surface area contributed by atoms with Crippen molar-refractivity contribution >= 4 is 11.6 Å². The van der Waals surface area contributed by atoms with Crippen LogP contribution in [0.2, 0.25) is 0 Å². The van der Waals surface area contributed by atoms with E-state index < -0.39 is 0 Å². The minimum atomic E-state index is 0.0418. The smallest absolute Gasteiger partial charge is 0.194 e. The highest BCUT2D eigenvalue weighted by atomic mass is 16.1. The zero-order chi connectivity index (χ0) is 16.8. The third-order valence-corrected chi connectivity index (χ3v) is 5.63. The Morgan fingerprint density at radius 3 is 1.54 bits per heavy atom. The molecule has 122 valence electrons. The number of hydrogen-bond acceptors (Lipinski definition) is 2. The van der Waals surface area contributed by atoms with Gasteiger partial charge in [-0.3, -0.25) is 9.59 Å². The molecule has 0 saturated carbocycles. The maximum Gasteiger partial charge on any atom is 0.194 e. The molecule has 0 atom stereocenters. The van der Waals surface area contributed by atoms with Gasteiger partial charge >= 0.3 is 0 Å². The summed E-state index contributed by atoms with van der Waals surface area (Å²) in [7, 11) is 0. The molecule has 2 aromatic rings. The molecule has 0 heterocycles. The van der Waals surface area contributed by atoms with Crippen molar-refractivity contribution in [3.8, 4) is 0 Å². The lowest BCUT2D eigenvalue weighted by molar-refractivity contribution is 0.0977. The molecule has 24 heavy (non-hydrogen) atoms. The van der Waals surface area contributed by atoms with Crippen LogP contribution in [0.15, 0.2) is 24.3 Å². The zero-order valence-corrected chi connectivity index (χ0v) is 14.4. The van der Waals surface area contributed by atoms with E-state index >= 15 is 0 Å². The lowest BCUT2D eigenvalue weighted by atomic mass is 9.72. The van der Waals surface area contributed by atoms with Crippen LogP contribution < -0.4 is 0 Å². The zero-order valence-electron chi connectivity index (χ0n) is 14.4. The number of benzene rings is 2. The van der Waals surface area contributed by atoms with E-state index in [0.29, 0.717) is 22.3 Å². The number of carbonyl (C=O) groups excluding carboxylic acids is 2. The molecule has 0 unspecified atom stereocenters. The summed E-state index contributed by atoms with van der Waals surface area (Å²) in [5, 5.41) is 0. The highest BCUT2D eigenvalue weighted by molar-refractivity contribution is 6.29. The quantitative estimate of drug-likeness (QED) is 0.699. The molecule has 0 spiro atoms. The van der Waals surface area contributed by atoms with Gasteiger partial charge in [-0.1, -0.05) is 38.1 Å². The summed E-state index contributed by atoms with van der Waals surface area (Å²) in [6.07, 6.45) is 6.08. The van der Waals surface area contributed by atoms with E-state index in [1.165, 1.54) is 24.0 Å². The van der Waals surface area contributed by atoms with Gasteiger partial charge in [0.15, 0.2) is 11.6 Å². The van der Waals surface area contributed by atoms with Crippen LogP contribution in [0.3, 0.4) is 0 Å². The summed E-state index contributed by atoms with van der Waals surface area (Å²) < 4.78 is 0. The Labute approximate surface area is 142 Å². The number of hydrogen-bond donors (Lipinski definition) is 0. The van der Waals surface area contributed by atoms with Gasteiger partial charge in [0.1, 0.15) is 0 Å². The lowest BCUT2D eigenvalue weighted by Gasteiger charge is -2.30. The second kappa shape index (κ2) is 5.70. The molecule has 2 nitrogen and oxygen atoms in total. The first-order valence-electron chi connectivity index (χ1n) is 9.06. The fourth-order valence-electron chi connectivity index (χ4n) is 4.60. The normalized spacial score (nSPS) is 15.8. The van der Waals surface area contributed by atoms with Crippen LogP contribution in [0.5, 0.6) is 0 Å². The Balaban J connectivity index is 2.11. The van der Waals surface area contributed by atoms with Crippen molar-refractivity contribution in [3.63, 3.8) is 0 Å². The molecule has 2 aromatic carbocycles. The van der Waals surface area contributed by atoms with Crippen LogP contribution in [-0.4, -0.2) is 11.6 Å². The molecule has 0 aliphatic heterocycles. The minimum absolute atomic E-state index is 0.0418. The molecular weight excluding hydrogens is 296 g/mol. The molecule has 0 radical (unpaired) electrons. The molecule has 2 heteroatoms. The van der Waals surface area contributed by atoms with Crippen molar-refractivity contribution in [2.75, 3.05) is 0 Å². The Bertz CT molecular complexity index is 802. The first-order valence-corrected chi connectivity index (χ1v) is 9.06. The number of carbonyl (C=O) groups is 2. The first kappa shape index (κ1) is 15.3. The van der Waals surface area contributed by atoms with Gasteiger partial charge in [0.05, 0.1) is 0 Å². The highest BCUT2D eigenvalue weighted by Gasteiger charge is 2.36. The van der Waals surface area contributed by atoms with Crippen molar-refractivity contribution < 1.29 is 9.59 Å². The molecule has 2 aliphatic rings. The Kier molecular flexibility index (Phi) is 3.64. The fourth-order valence-corrected chi connectivity index (χ4v) is 4.60. The van der Waals surface area contributed by atoms with Gasteiger partial charge < -0.3 is 0 Å². The van der Waals surface area contributed by atoms with E-state index in [1.807, 2.05) is 12.1 Å². The number of ketones is 2. The highest BCUT2D eigenvalue weighted by Crippen LogP contribution is 2.39. The Morgan fingerprint density at radius 2 is 1.17 bits per heavy atom. The Hall–Kier alpha value is -2.22. The van der Waals surface area contributed by atoms with Crippen molar-refractivity contribution in [1.29, 1.82) is 0 Å². The van der Waals surface area contributed by atoms with Gasteiger partial charge in [-0.2, -0.15) is 0 Å². The maximum atomic E-state index is 13.2. The van der Waals surface area contributed by atoms with Crippen molar-refractivity contribution in [2.24, 2.45) is 0 Å². The standard InChI is InChI=1S/C22H22O2/c1-3-13-15-9-5-6-10-16(15)14(4-2)20-19(13)21(23)17-11-7-8-12-18(17)22(20)24/h7-8,11-12H,3-6,9-10H2,1-2H3. The predicted octanol–water partition coefficient (Wildman–Crippen LogP) is 4.47. The summed E-state index contributed by atoms with van der Waals surface area (Å²) >= 11 is 0. The van der Waals surface area contributed by atoms with Gasteiger partial charge in [0.2, 0.25) is 0 Å². The summed E-state index contributed by atoms with van der Waals surface area (Å²) in [6.45, 7) is 4.21. The van der Waals surface area contributed by atoms with E-state index in [2.05, 4.69) is 13.8 Å². The summed E-state index contributed by atoms with van der Waals surface area (Å²) in [4.78, 5) is 26.5. The first-order chi connectivity index (χ1) is 11.7. The molecule has 4 rings (SSSR count). The van der Waals surface area contributed by atoms with Crippen LogP contribution in [0.4, 0.5) is 0 Å². The van der Waals surface area contributed by atoms with Gasteiger partial charge in [-0.15, -0.1) is 0 Å². The summed E-state index contributed by atoms with van der Waals surface area (Å²) in [5.41, 5.74) is 7.54. The topological polar surface area (TPSA) is 34.1 Å². The van der Waals surface area contributed by atoms with Crippen LogP contribution in [-0.2, 0) is 25.7 Å². The summed E-state index contributed by atoms with van der Waals surface area (Å²) in [5.74, 6) is 0.0836.